The van der Waals surface area contributed by atoms with Crippen LogP contribution in [-0.2, 0) is 4.79 Å². The first-order chi connectivity index (χ1) is 4.81. The minimum atomic E-state index is 0.351. The molecule has 0 bridgehead atoms. The van der Waals surface area contributed by atoms with Gasteiger partial charge in [0.25, 0.3) is 0 Å². The predicted octanol–water partition coefficient (Wildman–Crippen LogP) is 1.36. The van der Waals surface area contributed by atoms with E-state index in [1.807, 2.05) is 6.92 Å². The van der Waals surface area contributed by atoms with E-state index in [4.69, 9.17) is 0 Å². The van der Waals surface area contributed by atoms with Gasteiger partial charge in [-0.3, -0.25) is 4.79 Å². The van der Waals surface area contributed by atoms with Crippen molar-refractivity contribution in [2.75, 3.05) is 13.1 Å². The standard InChI is InChI=1S/C8H17NO/c1-3-6-9-7-5-8(10)4-2/h9H,3-7H2,1-2H3. The highest BCUT2D eigenvalue weighted by atomic mass is 16.1. The van der Waals surface area contributed by atoms with Crippen LogP contribution in [0.1, 0.15) is 33.1 Å². The molecule has 0 heterocycles. The number of carbonyl (C=O) groups is 1. The van der Waals surface area contributed by atoms with E-state index in [0.717, 1.165) is 19.5 Å². The lowest BCUT2D eigenvalue weighted by atomic mass is 10.2. The van der Waals surface area contributed by atoms with Gasteiger partial charge in [-0.2, -0.15) is 0 Å². The fourth-order valence-electron chi connectivity index (χ4n) is 0.706. The quantitative estimate of drug-likeness (QED) is 0.569. The van der Waals surface area contributed by atoms with Crippen LogP contribution in [0.25, 0.3) is 0 Å². The lowest BCUT2D eigenvalue weighted by molar-refractivity contribution is -0.118. The molecule has 0 aromatic heterocycles. The molecule has 0 aliphatic rings. The van der Waals surface area contributed by atoms with E-state index in [9.17, 15) is 4.79 Å². The highest BCUT2D eigenvalue weighted by molar-refractivity contribution is 5.78. The molecule has 0 aromatic carbocycles. The molecule has 60 valence electrons. The van der Waals surface area contributed by atoms with Crippen molar-refractivity contribution in [1.29, 1.82) is 0 Å². The van der Waals surface area contributed by atoms with Crippen molar-refractivity contribution < 1.29 is 4.79 Å². The Morgan fingerprint density at radius 3 is 2.50 bits per heavy atom. The molecular weight excluding hydrogens is 126 g/mol. The molecule has 2 heteroatoms. The molecule has 2 nitrogen and oxygen atoms in total. The Balaban J connectivity index is 2.96. The largest absolute Gasteiger partial charge is 0.316 e. The van der Waals surface area contributed by atoms with Crippen LogP contribution < -0.4 is 5.32 Å². The van der Waals surface area contributed by atoms with E-state index in [-0.39, 0.29) is 0 Å². The number of nitrogens with one attached hydrogen (secondary N) is 1. The van der Waals surface area contributed by atoms with Gasteiger partial charge in [0, 0.05) is 19.4 Å². The molecular formula is C8H17NO. The second-order valence-electron chi connectivity index (χ2n) is 2.39. The molecule has 0 spiro atoms. The zero-order valence-corrected chi connectivity index (χ0v) is 6.94. The van der Waals surface area contributed by atoms with E-state index in [1.54, 1.807) is 0 Å². The van der Waals surface area contributed by atoms with Crippen LogP contribution in [0.15, 0.2) is 0 Å². The van der Waals surface area contributed by atoms with Crippen LogP contribution in [0.4, 0.5) is 0 Å². The average molecular weight is 143 g/mol. The summed E-state index contributed by atoms with van der Waals surface area (Å²) in [6, 6.07) is 0. The van der Waals surface area contributed by atoms with Gasteiger partial charge in [0.05, 0.1) is 0 Å². The molecule has 1 N–H and O–H groups in total. The molecule has 0 aromatic rings. The summed E-state index contributed by atoms with van der Waals surface area (Å²) in [6.45, 7) is 5.90. The lowest BCUT2D eigenvalue weighted by Crippen LogP contribution is -2.18. The summed E-state index contributed by atoms with van der Waals surface area (Å²) >= 11 is 0. The van der Waals surface area contributed by atoms with Gasteiger partial charge in [-0.05, 0) is 13.0 Å². The van der Waals surface area contributed by atoms with E-state index in [0.29, 0.717) is 18.6 Å². The van der Waals surface area contributed by atoms with Gasteiger partial charge in [0.2, 0.25) is 0 Å². The normalized spacial score (nSPS) is 9.80. The smallest absolute Gasteiger partial charge is 0.133 e. The minimum absolute atomic E-state index is 0.351. The number of ketones is 1. The second kappa shape index (κ2) is 6.75. The van der Waals surface area contributed by atoms with Gasteiger partial charge in [0.15, 0.2) is 0 Å². The van der Waals surface area contributed by atoms with E-state index < -0.39 is 0 Å². The van der Waals surface area contributed by atoms with E-state index in [1.165, 1.54) is 0 Å². The summed E-state index contributed by atoms with van der Waals surface area (Å²) in [6.07, 6.45) is 2.50. The van der Waals surface area contributed by atoms with Crippen LogP contribution in [0, 0.1) is 0 Å². The van der Waals surface area contributed by atoms with Crippen molar-refractivity contribution in [3.8, 4) is 0 Å². The minimum Gasteiger partial charge on any atom is -0.316 e. The molecule has 0 unspecified atom stereocenters. The van der Waals surface area contributed by atoms with Crippen molar-refractivity contribution in [3.63, 3.8) is 0 Å². The number of rotatable bonds is 6. The highest BCUT2D eigenvalue weighted by Crippen LogP contribution is 1.85. The van der Waals surface area contributed by atoms with Crippen LogP contribution in [0.5, 0.6) is 0 Å². The van der Waals surface area contributed by atoms with Gasteiger partial charge >= 0.3 is 0 Å². The van der Waals surface area contributed by atoms with Crippen LogP contribution in [0.2, 0.25) is 0 Å². The van der Waals surface area contributed by atoms with Crippen LogP contribution >= 0.6 is 0 Å². The molecule has 0 aliphatic heterocycles. The lowest BCUT2D eigenvalue weighted by Gasteiger charge is -1.99. The van der Waals surface area contributed by atoms with Crippen LogP contribution in [-0.4, -0.2) is 18.9 Å². The monoisotopic (exact) mass is 143 g/mol. The fraction of sp³-hybridized carbons (Fsp3) is 0.875. The maximum Gasteiger partial charge on any atom is 0.133 e. The summed E-state index contributed by atoms with van der Waals surface area (Å²) in [7, 11) is 0. The second-order valence-corrected chi connectivity index (χ2v) is 2.39. The van der Waals surface area contributed by atoms with Gasteiger partial charge in [0.1, 0.15) is 5.78 Å². The molecule has 0 rings (SSSR count). The first-order valence-corrected chi connectivity index (χ1v) is 4.03. The maximum absolute atomic E-state index is 10.7. The third kappa shape index (κ3) is 5.76. The first kappa shape index (κ1) is 9.63. The topological polar surface area (TPSA) is 29.1 Å². The number of hydrogen-bond donors (Lipinski definition) is 1. The Kier molecular flexibility index (Phi) is 6.50. The van der Waals surface area contributed by atoms with Crippen LogP contribution in [0.3, 0.4) is 0 Å². The Bertz CT molecular complexity index is 91.3. The SMILES string of the molecule is CCCNCCC(=O)CC. The molecule has 0 fully saturated rings. The molecule has 0 saturated carbocycles. The Morgan fingerprint density at radius 1 is 1.30 bits per heavy atom. The van der Waals surface area contributed by atoms with E-state index in [2.05, 4.69) is 12.2 Å². The molecule has 10 heavy (non-hydrogen) atoms. The van der Waals surface area contributed by atoms with Crippen molar-refractivity contribution in [1.82, 2.24) is 5.32 Å². The summed E-state index contributed by atoms with van der Waals surface area (Å²) in [4.78, 5) is 10.7. The summed E-state index contributed by atoms with van der Waals surface area (Å²) in [5, 5.41) is 3.18. The van der Waals surface area contributed by atoms with Gasteiger partial charge < -0.3 is 5.32 Å². The Morgan fingerprint density at radius 2 is 2.00 bits per heavy atom. The Hall–Kier alpha value is -0.370. The third-order valence-corrected chi connectivity index (χ3v) is 1.40. The molecule has 0 atom stereocenters. The summed E-state index contributed by atoms with van der Waals surface area (Å²) in [5.74, 6) is 0.351. The molecule has 0 aliphatic carbocycles. The van der Waals surface area contributed by atoms with Crippen molar-refractivity contribution in [2.24, 2.45) is 0 Å². The molecule has 0 amide bonds. The van der Waals surface area contributed by atoms with Gasteiger partial charge in [-0.1, -0.05) is 13.8 Å². The maximum atomic E-state index is 10.7. The summed E-state index contributed by atoms with van der Waals surface area (Å²) in [5.41, 5.74) is 0. The van der Waals surface area contributed by atoms with Gasteiger partial charge in [-0.15, -0.1) is 0 Å². The van der Waals surface area contributed by atoms with Crippen molar-refractivity contribution in [3.05, 3.63) is 0 Å². The fourth-order valence-corrected chi connectivity index (χ4v) is 0.706. The average Bonchev–Trinajstić information content (AvgIpc) is 1.98. The van der Waals surface area contributed by atoms with E-state index >= 15 is 0 Å². The van der Waals surface area contributed by atoms with Gasteiger partial charge in [-0.25, -0.2) is 0 Å². The number of Topliss-reactive ketones (excluding diaryl/α,β-unsaturated/α-hetero) is 1. The third-order valence-electron chi connectivity index (χ3n) is 1.40. The highest BCUT2D eigenvalue weighted by Gasteiger charge is 1.95. The zero-order valence-electron chi connectivity index (χ0n) is 6.94. The predicted molar refractivity (Wildman–Crippen MR) is 43.1 cm³/mol. The number of carbonyl (C=O) groups excluding carboxylic acids is 1. The number of hydrogen-bond acceptors (Lipinski definition) is 2. The van der Waals surface area contributed by atoms with Crippen molar-refractivity contribution >= 4 is 5.78 Å². The van der Waals surface area contributed by atoms with Crippen molar-refractivity contribution in [2.45, 2.75) is 33.1 Å². The summed E-state index contributed by atoms with van der Waals surface area (Å²) < 4.78 is 0. The first-order valence-electron chi connectivity index (χ1n) is 4.03. The Labute approximate surface area is 63.0 Å². The zero-order chi connectivity index (χ0) is 7.82. The molecule has 0 radical (unpaired) electrons. The molecule has 0 saturated heterocycles.